The maximum absolute atomic E-state index is 11.7. The quantitative estimate of drug-likeness (QED) is 0.439. The Morgan fingerprint density at radius 1 is 1.26 bits per heavy atom. The summed E-state index contributed by atoms with van der Waals surface area (Å²) in [5, 5.41) is 25.4. The van der Waals surface area contributed by atoms with E-state index in [9.17, 15) is 9.90 Å². The second kappa shape index (κ2) is 11.4. The van der Waals surface area contributed by atoms with Gasteiger partial charge in [0.05, 0.1) is 23.9 Å². The van der Waals surface area contributed by atoms with Crippen LogP contribution in [0.4, 0.5) is 0 Å². The number of hydrogen-bond acceptors (Lipinski definition) is 5. The number of rotatable bonds is 11. The first-order valence-electron chi connectivity index (χ1n) is 12.4. The molecule has 8 heteroatoms. The highest BCUT2D eigenvalue weighted by atomic mass is 16.4. The number of nitrogens with one attached hydrogen (secondary N) is 1. The number of carboxylic acids is 1. The fraction of sp³-hybridized carbons (Fsp3) is 0.538. The zero-order valence-electron chi connectivity index (χ0n) is 20.3. The molecule has 2 unspecified atom stereocenters. The largest absolute Gasteiger partial charge is 0.481 e. The molecule has 8 nitrogen and oxygen atoms in total. The molecule has 4 rings (SSSR count). The average Bonchev–Trinajstić information content (AvgIpc) is 3.51. The van der Waals surface area contributed by atoms with Crippen molar-refractivity contribution in [1.82, 2.24) is 30.1 Å². The maximum Gasteiger partial charge on any atom is 0.303 e. The number of nitrogens with zero attached hydrogens (tertiary/aromatic N) is 5. The van der Waals surface area contributed by atoms with Crippen molar-refractivity contribution in [2.75, 3.05) is 13.1 Å². The molecular weight excluding hydrogens is 428 g/mol. The van der Waals surface area contributed by atoms with Crippen LogP contribution in [0.5, 0.6) is 0 Å². The predicted molar refractivity (Wildman–Crippen MR) is 131 cm³/mol. The molecule has 1 aliphatic heterocycles. The van der Waals surface area contributed by atoms with Gasteiger partial charge in [0.25, 0.3) is 0 Å². The number of carbonyl (C=O) groups is 1. The maximum atomic E-state index is 11.7. The van der Waals surface area contributed by atoms with Crippen LogP contribution in [0, 0.1) is 6.92 Å². The third-order valence-corrected chi connectivity index (χ3v) is 6.96. The van der Waals surface area contributed by atoms with Crippen molar-refractivity contribution >= 4 is 5.97 Å². The number of aliphatic carboxylic acids is 1. The SMILES string of the molecule is CCCc1n[nH]nc1CCC(CC(=O)O)c1ccc(C)c(CN2CCCC(n3cccn3)C2)c1. The number of aromatic amines is 1. The van der Waals surface area contributed by atoms with Gasteiger partial charge in [-0.2, -0.15) is 20.5 Å². The van der Waals surface area contributed by atoms with Crippen molar-refractivity contribution in [2.24, 2.45) is 0 Å². The van der Waals surface area contributed by atoms with Gasteiger partial charge in [-0.15, -0.1) is 0 Å². The van der Waals surface area contributed by atoms with E-state index in [4.69, 9.17) is 0 Å². The van der Waals surface area contributed by atoms with E-state index in [-0.39, 0.29) is 12.3 Å². The summed E-state index contributed by atoms with van der Waals surface area (Å²) >= 11 is 0. The summed E-state index contributed by atoms with van der Waals surface area (Å²) in [6.45, 7) is 7.20. The fourth-order valence-electron chi connectivity index (χ4n) is 5.06. The van der Waals surface area contributed by atoms with E-state index < -0.39 is 5.97 Å². The number of benzene rings is 1. The summed E-state index contributed by atoms with van der Waals surface area (Å²) in [5.41, 5.74) is 5.59. The number of carboxylic acid groups (broad SMARTS) is 1. The Labute approximate surface area is 201 Å². The summed E-state index contributed by atoms with van der Waals surface area (Å²) in [6, 6.07) is 8.87. The lowest BCUT2D eigenvalue weighted by Crippen LogP contribution is -2.36. The molecule has 0 aliphatic carbocycles. The summed E-state index contributed by atoms with van der Waals surface area (Å²) in [6.07, 6.45) is 9.69. The molecule has 34 heavy (non-hydrogen) atoms. The number of hydrogen-bond donors (Lipinski definition) is 2. The van der Waals surface area contributed by atoms with Gasteiger partial charge < -0.3 is 5.11 Å². The normalized spacial score (nSPS) is 17.6. The molecule has 1 aliphatic rings. The lowest BCUT2D eigenvalue weighted by molar-refractivity contribution is -0.137. The van der Waals surface area contributed by atoms with Crippen LogP contribution in [0.3, 0.4) is 0 Å². The number of aromatic nitrogens is 5. The van der Waals surface area contributed by atoms with E-state index >= 15 is 0 Å². The van der Waals surface area contributed by atoms with E-state index in [0.717, 1.165) is 75.1 Å². The van der Waals surface area contributed by atoms with Gasteiger partial charge in [-0.1, -0.05) is 31.5 Å². The monoisotopic (exact) mass is 464 g/mol. The minimum atomic E-state index is -0.765. The average molecular weight is 465 g/mol. The van der Waals surface area contributed by atoms with Gasteiger partial charge in [-0.05, 0) is 74.2 Å². The minimum absolute atomic E-state index is 0.0544. The lowest BCUT2D eigenvalue weighted by atomic mass is 9.88. The Hall–Kier alpha value is -3.00. The molecule has 2 N–H and O–H groups in total. The Kier molecular flexibility index (Phi) is 8.11. The molecule has 0 radical (unpaired) electrons. The highest BCUT2D eigenvalue weighted by Crippen LogP contribution is 2.29. The van der Waals surface area contributed by atoms with Crippen LogP contribution >= 0.6 is 0 Å². The third kappa shape index (κ3) is 6.11. The second-order valence-corrected chi connectivity index (χ2v) is 9.50. The first kappa shape index (κ1) is 24.1. The summed E-state index contributed by atoms with van der Waals surface area (Å²) < 4.78 is 2.08. The Morgan fingerprint density at radius 2 is 2.09 bits per heavy atom. The lowest BCUT2D eigenvalue weighted by Gasteiger charge is -2.33. The van der Waals surface area contributed by atoms with E-state index in [0.29, 0.717) is 6.04 Å². The summed E-state index contributed by atoms with van der Waals surface area (Å²) in [5.74, 6) is -0.819. The Morgan fingerprint density at radius 3 is 2.82 bits per heavy atom. The topological polar surface area (TPSA) is 99.9 Å². The van der Waals surface area contributed by atoms with Gasteiger partial charge in [-0.25, -0.2) is 0 Å². The molecule has 182 valence electrons. The van der Waals surface area contributed by atoms with Crippen molar-refractivity contribution in [3.8, 4) is 0 Å². The zero-order chi connectivity index (χ0) is 23.9. The van der Waals surface area contributed by atoms with E-state index in [2.05, 4.69) is 68.3 Å². The zero-order valence-corrected chi connectivity index (χ0v) is 20.3. The van der Waals surface area contributed by atoms with Gasteiger partial charge in [0.15, 0.2) is 0 Å². The second-order valence-electron chi connectivity index (χ2n) is 9.50. The predicted octanol–water partition coefficient (Wildman–Crippen LogP) is 4.29. The van der Waals surface area contributed by atoms with E-state index in [1.807, 2.05) is 12.3 Å². The molecule has 0 saturated carbocycles. The number of likely N-dealkylation sites (tertiary alicyclic amines) is 1. The van der Waals surface area contributed by atoms with Crippen molar-refractivity contribution in [3.05, 3.63) is 64.7 Å². The fourth-order valence-corrected chi connectivity index (χ4v) is 5.06. The third-order valence-electron chi connectivity index (χ3n) is 6.96. The van der Waals surface area contributed by atoms with Gasteiger partial charge in [-0.3, -0.25) is 14.4 Å². The molecule has 3 heterocycles. The van der Waals surface area contributed by atoms with Crippen LogP contribution in [0.15, 0.2) is 36.7 Å². The van der Waals surface area contributed by atoms with Crippen LogP contribution in [0.2, 0.25) is 0 Å². The van der Waals surface area contributed by atoms with Gasteiger partial charge in [0, 0.05) is 25.5 Å². The van der Waals surface area contributed by atoms with Gasteiger partial charge in [0.2, 0.25) is 0 Å². The smallest absolute Gasteiger partial charge is 0.303 e. The molecule has 2 atom stereocenters. The number of piperidine rings is 1. The van der Waals surface area contributed by atoms with Crippen LogP contribution in [0.25, 0.3) is 0 Å². The van der Waals surface area contributed by atoms with Crippen LogP contribution in [-0.4, -0.2) is 54.3 Å². The van der Waals surface area contributed by atoms with Crippen LogP contribution < -0.4 is 0 Å². The first-order valence-corrected chi connectivity index (χ1v) is 12.4. The molecule has 1 fully saturated rings. The highest BCUT2D eigenvalue weighted by Gasteiger charge is 2.23. The van der Waals surface area contributed by atoms with Crippen molar-refractivity contribution in [2.45, 2.75) is 77.3 Å². The first-order chi connectivity index (χ1) is 16.5. The molecule has 2 aromatic heterocycles. The molecule has 0 spiro atoms. The van der Waals surface area contributed by atoms with Gasteiger partial charge >= 0.3 is 5.97 Å². The molecule has 1 saturated heterocycles. The number of H-pyrrole nitrogens is 1. The Balaban J connectivity index is 1.47. The van der Waals surface area contributed by atoms with Crippen LogP contribution in [-0.2, 0) is 24.2 Å². The molecule has 1 aromatic carbocycles. The molecule has 0 bridgehead atoms. The van der Waals surface area contributed by atoms with Crippen molar-refractivity contribution < 1.29 is 9.90 Å². The summed E-state index contributed by atoms with van der Waals surface area (Å²) in [4.78, 5) is 14.2. The molecule has 0 amide bonds. The van der Waals surface area contributed by atoms with Gasteiger partial charge in [0.1, 0.15) is 0 Å². The van der Waals surface area contributed by atoms with Crippen LogP contribution in [0.1, 0.15) is 79.1 Å². The number of aryl methyl sites for hydroxylation is 3. The summed E-state index contributed by atoms with van der Waals surface area (Å²) in [7, 11) is 0. The van der Waals surface area contributed by atoms with Crippen molar-refractivity contribution in [3.63, 3.8) is 0 Å². The Bertz CT molecular complexity index is 1060. The van der Waals surface area contributed by atoms with E-state index in [1.165, 1.54) is 11.1 Å². The minimum Gasteiger partial charge on any atom is -0.481 e. The highest BCUT2D eigenvalue weighted by molar-refractivity contribution is 5.68. The molecule has 3 aromatic rings. The van der Waals surface area contributed by atoms with Crippen molar-refractivity contribution in [1.29, 1.82) is 0 Å². The van der Waals surface area contributed by atoms with E-state index in [1.54, 1.807) is 0 Å². The molecular formula is C26H36N6O2. The standard InChI is InChI=1S/C26H36N6O2/c1-3-6-24-25(29-30-28-24)11-10-21(16-26(33)34)20-9-8-19(2)22(15-20)17-31-13-4-7-23(18-31)32-14-5-12-27-32/h5,8-9,12,14-15,21,23H,3-4,6-7,10-11,13,16-18H2,1-2H3,(H,33,34)(H,28,29,30).